The van der Waals surface area contributed by atoms with Crippen molar-refractivity contribution >= 4 is 5.91 Å². The zero-order valence-corrected chi connectivity index (χ0v) is 11.3. The molecule has 1 amide bonds. The fourth-order valence-corrected chi connectivity index (χ4v) is 2.87. The Balaban J connectivity index is 1.59. The van der Waals surface area contributed by atoms with Crippen molar-refractivity contribution in [2.24, 2.45) is 17.8 Å². The van der Waals surface area contributed by atoms with Crippen molar-refractivity contribution in [1.29, 1.82) is 0 Å². The van der Waals surface area contributed by atoms with E-state index in [0.717, 1.165) is 18.4 Å². The van der Waals surface area contributed by atoms with Crippen LogP contribution in [0, 0.1) is 30.5 Å². The molecule has 19 heavy (non-hydrogen) atoms. The highest BCUT2D eigenvalue weighted by molar-refractivity contribution is 5.94. The van der Waals surface area contributed by atoms with Gasteiger partial charge in [0, 0.05) is 12.1 Å². The molecule has 2 fully saturated rings. The summed E-state index contributed by atoms with van der Waals surface area (Å²) in [7, 11) is 0. The first kappa shape index (κ1) is 12.6. The smallest absolute Gasteiger partial charge is 0.251 e. The third kappa shape index (κ3) is 2.96. The van der Waals surface area contributed by atoms with Crippen LogP contribution < -0.4 is 5.32 Å². The van der Waals surface area contributed by atoms with Gasteiger partial charge in [-0.05, 0) is 74.1 Å². The average Bonchev–Trinajstić information content (AvgIpc) is 3.26. The van der Waals surface area contributed by atoms with Gasteiger partial charge in [0.15, 0.2) is 0 Å². The molecule has 3 heteroatoms. The number of hydrogen-bond donors (Lipinski definition) is 1. The van der Waals surface area contributed by atoms with Gasteiger partial charge in [-0.15, -0.1) is 0 Å². The van der Waals surface area contributed by atoms with Gasteiger partial charge in [-0.3, -0.25) is 4.79 Å². The van der Waals surface area contributed by atoms with Gasteiger partial charge >= 0.3 is 0 Å². The molecule has 0 saturated heterocycles. The van der Waals surface area contributed by atoms with Crippen LogP contribution in [0.25, 0.3) is 0 Å². The molecule has 0 radical (unpaired) electrons. The summed E-state index contributed by atoms with van der Waals surface area (Å²) >= 11 is 0. The van der Waals surface area contributed by atoms with Crippen LogP contribution in [0.4, 0.5) is 4.39 Å². The lowest BCUT2D eigenvalue weighted by molar-refractivity contribution is 0.0943. The van der Waals surface area contributed by atoms with Crippen molar-refractivity contribution in [2.45, 2.75) is 32.6 Å². The van der Waals surface area contributed by atoms with Crippen molar-refractivity contribution in [3.8, 4) is 0 Å². The predicted molar refractivity (Wildman–Crippen MR) is 72.4 cm³/mol. The van der Waals surface area contributed by atoms with E-state index in [2.05, 4.69) is 5.32 Å². The van der Waals surface area contributed by atoms with Crippen molar-refractivity contribution in [3.63, 3.8) is 0 Å². The maximum Gasteiger partial charge on any atom is 0.251 e. The molecule has 0 atom stereocenters. The molecular formula is C16H20FNO. The second-order valence-corrected chi connectivity index (χ2v) is 6.01. The van der Waals surface area contributed by atoms with Crippen LogP contribution in [-0.4, -0.2) is 12.5 Å². The lowest BCUT2D eigenvalue weighted by Gasteiger charge is -2.16. The zero-order valence-electron chi connectivity index (χ0n) is 11.3. The Kier molecular flexibility index (Phi) is 3.29. The van der Waals surface area contributed by atoms with Crippen LogP contribution in [0.1, 0.15) is 41.6 Å². The summed E-state index contributed by atoms with van der Waals surface area (Å²) in [4.78, 5) is 12.1. The molecule has 0 heterocycles. The molecule has 2 nitrogen and oxygen atoms in total. The molecule has 102 valence electrons. The van der Waals surface area contributed by atoms with Crippen LogP contribution >= 0.6 is 0 Å². The molecule has 2 aliphatic carbocycles. The first-order valence-electron chi connectivity index (χ1n) is 7.19. The minimum Gasteiger partial charge on any atom is -0.352 e. The summed E-state index contributed by atoms with van der Waals surface area (Å²) in [6.07, 6.45) is 5.30. The number of halogens is 1. The van der Waals surface area contributed by atoms with E-state index in [1.807, 2.05) is 0 Å². The summed E-state index contributed by atoms with van der Waals surface area (Å²) in [5.41, 5.74) is 1.08. The Bertz CT molecular complexity index is 480. The fraction of sp³-hybridized carbons (Fsp3) is 0.562. The quantitative estimate of drug-likeness (QED) is 0.865. The van der Waals surface area contributed by atoms with Crippen molar-refractivity contribution in [1.82, 2.24) is 5.32 Å². The molecular weight excluding hydrogens is 241 g/mol. The van der Waals surface area contributed by atoms with Crippen LogP contribution in [0.15, 0.2) is 18.2 Å². The van der Waals surface area contributed by atoms with Gasteiger partial charge in [-0.1, -0.05) is 0 Å². The van der Waals surface area contributed by atoms with E-state index in [0.29, 0.717) is 17.0 Å². The lowest BCUT2D eigenvalue weighted by Crippen LogP contribution is -2.31. The zero-order chi connectivity index (χ0) is 13.4. The summed E-state index contributed by atoms with van der Waals surface area (Å²) in [5.74, 6) is 2.01. The fourth-order valence-electron chi connectivity index (χ4n) is 2.87. The van der Waals surface area contributed by atoms with E-state index in [1.54, 1.807) is 19.1 Å². The highest BCUT2D eigenvalue weighted by Crippen LogP contribution is 2.48. The van der Waals surface area contributed by atoms with Gasteiger partial charge in [0.05, 0.1) is 0 Å². The third-order valence-corrected chi connectivity index (χ3v) is 4.37. The molecule has 0 aliphatic heterocycles. The largest absolute Gasteiger partial charge is 0.352 e. The molecule has 3 rings (SSSR count). The molecule has 0 spiro atoms. The van der Waals surface area contributed by atoms with Crippen molar-refractivity contribution in [2.75, 3.05) is 6.54 Å². The van der Waals surface area contributed by atoms with E-state index in [1.165, 1.54) is 31.7 Å². The lowest BCUT2D eigenvalue weighted by atomic mass is 9.98. The van der Waals surface area contributed by atoms with E-state index in [4.69, 9.17) is 0 Å². The number of nitrogens with one attached hydrogen (secondary N) is 1. The number of amides is 1. The minimum atomic E-state index is -0.259. The van der Waals surface area contributed by atoms with Gasteiger partial charge in [0.2, 0.25) is 0 Å². The van der Waals surface area contributed by atoms with E-state index < -0.39 is 0 Å². The van der Waals surface area contributed by atoms with Crippen LogP contribution in [-0.2, 0) is 0 Å². The molecule has 2 aliphatic rings. The van der Waals surface area contributed by atoms with Gasteiger partial charge < -0.3 is 5.32 Å². The molecule has 1 N–H and O–H groups in total. The monoisotopic (exact) mass is 261 g/mol. The van der Waals surface area contributed by atoms with Gasteiger partial charge in [-0.25, -0.2) is 4.39 Å². The Morgan fingerprint density at radius 2 is 1.95 bits per heavy atom. The highest BCUT2D eigenvalue weighted by Gasteiger charge is 2.41. The van der Waals surface area contributed by atoms with E-state index >= 15 is 0 Å². The van der Waals surface area contributed by atoms with Gasteiger partial charge in [-0.2, -0.15) is 0 Å². The second-order valence-electron chi connectivity index (χ2n) is 6.01. The predicted octanol–water partition coefficient (Wildman–Crippen LogP) is 3.30. The molecule has 1 aromatic rings. The minimum absolute atomic E-state index is 0.0746. The Labute approximate surface area is 113 Å². The Morgan fingerprint density at radius 3 is 2.47 bits per heavy atom. The van der Waals surface area contributed by atoms with Crippen LogP contribution in [0.3, 0.4) is 0 Å². The summed E-state index contributed by atoms with van der Waals surface area (Å²) in [6.45, 7) is 2.47. The number of carbonyl (C=O) groups excluding carboxylic acids is 1. The Hall–Kier alpha value is -1.38. The summed E-state index contributed by atoms with van der Waals surface area (Å²) < 4.78 is 13.2. The highest BCUT2D eigenvalue weighted by atomic mass is 19.1. The Morgan fingerprint density at radius 1 is 1.32 bits per heavy atom. The summed E-state index contributed by atoms with van der Waals surface area (Å²) in [6, 6.07) is 4.54. The number of benzene rings is 1. The summed E-state index contributed by atoms with van der Waals surface area (Å²) in [5, 5.41) is 3.03. The van der Waals surface area contributed by atoms with Gasteiger partial charge in [0.1, 0.15) is 5.82 Å². The standard InChI is InChI=1S/C16H20FNO/c1-10-8-13(6-7-15(10)17)16(19)18-9-14(11-2-3-11)12-4-5-12/h6-8,11-12,14H,2-5,9H2,1H3,(H,18,19). The van der Waals surface area contributed by atoms with Gasteiger partial charge in [0.25, 0.3) is 5.91 Å². The third-order valence-electron chi connectivity index (χ3n) is 4.37. The maximum atomic E-state index is 13.2. The van der Waals surface area contributed by atoms with E-state index in [-0.39, 0.29) is 11.7 Å². The molecule has 0 aromatic heterocycles. The number of aryl methyl sites for hydroxylation is 1. The van der Waals surface area contributed by atoms with Crippen molar-refractivity contribution < 1.29 is 9.18 Å². The second kappa shape index (κ2) is 4.95. The normalized spacial score (nSPS) is 18.7. The molecule has 0 unspecified atom stereocenters. The number of hydrogen-bond acceptors (Lipinski definition) is 1. The molecule has 1 aromatic carbocycles. The van der Waals surface area contributed by atoms with Crippen LogP contribution in [0.2, 0.25) is 0 Å². The molecule has 0 bridgehead atoms. The topological polar surface area (TPSA) is 29.1 Å². The number of carbonyl (C=O) groups is 1. The first-order valence-corrected chi connectivity index (χ1v) is 7.19. The first-order chi connectivity index (χ1) is 9.15. The average molecular weight is 261 g/mol. The SMILES string of the molecule is Cc1cc(C(=O)NCC(C2CC2)C2CC2)ccc1F. The molecule has 2 saturated carbocycles. The maximum absolute atomic E-state index is 13.2. The van der Waals surface area contributed by atoms with Crippen LogP contribution in [0.5, 0.6) is 0 Å². The van der Waals surface area contributed by atoms with Crippen molar-refractivity contribution in [3.05, 3.63) is 35.1 Å². The number of rotatable bonds is 5. The van der Waals surface area contributed by atoms with E-state index in [9.17, 15) is 9.18 Å².